The number of pyridine rings is 1. The average Bonchev–Trinajstić information content (AvgIpc) is 3.19. The zero-order chi connectivity index (χ0) is 19.5. The van der Waals surface area contributed by atoms with E-state index in [9.17, 15) is 0 Å². The number of likely N-dealkylation sites (tertiary alicyclic amines) is 1. The van der Waals surface area contributed by atoms with Crippen molar-refractivity contribution >= 4 is 22.4 Å². The van der Waals surface area contributed by atoms with Crippen molar-refractivity contribution < 1.29 is 0 Å². The van der Waals surface area contributed by atoms with Gasteiger partial charge in [0.1, 0.15) is 5.82 Å². The zero-order valence-electron chi connectivity index (χ0n) is 17.9. The van der Waals surface area contributed by atoms with Crippen LogP contribution in [0.4, 0.5) is 11.5 Å². The van der Waals surface area contributed by atoms with Crippen molar-refractivity contribution in [3.63, 3.8) is 0 Å². The normalized spacial score (nSPS) is 17.1. The quantitative estimate of drug-likeness (QED) is 0.653. The maximum Gasteiger partial charge on any atom is 0.132 e. The average molecular weight is 381 g/mol. The maximum absolute atomic E-state index is 5.06. The van der Waals surface area contributed by atoms with E-state index < -0.39 is 0 Å². The van der Waals surface area contributed by atoms with Crippen LogP contribution < -0.4 is 10.6 Å². The summed E-state index contributed by atoms with van der Waals surface area (Å²) >= 11 is 0. The van der Waals surface area contributed by atoms with Crippen molar-refractivity contribution in [3.05, 3.63) is 28.8 Å². The number of nitrogens with one attached hydrogen (secondary N) is 2. The zero-order valence-corrected chi connectivity index (χ0v) is 17.9. The summed E-state index contributed by atoms with van der Waals surface area (Å²) < 4.78 is 0. The van der Waals surface area contributed by atoms with E-state index in [1.807, 2.05) is 0 Å². The van der Waals surface area contributed by atoms with Gasteiger partial charge in [0.15, 0.2) is 0 Å². The molecule has 0 unspecified atom stereocenters. The highest BCUT2D eigenvalue weighted by atomic mass is 15.1. The molecular weight excluding hydrogens is 344 g/mol. The van der Waals surface area contributed by atoms with Crippen molar-refractivity contribution in [3.8, 4) is 0 Å². The molecule has 1 aromatic carbocycles. The number of hydrogen-bond donors (Lipinski definition) is 2. The van der Waals surface area contributed by atoms with E-state index in [0.29, 0.717) is 6.04 Å². The number of aryl methyl sites for hydroxylation is 2. The van der Waals surface area contributed by atoms with Crippen molar-refractivity contribution in [2.75, 3.05) is 36.8 Å². The molecule has 0 bridgehead atoms. The number of rotatable bonds is 7. The fraction of sp³-hybridized carbons (Fsp3) is 0.625. The molecule has 0 atom stereocenters. The SMILES string of the molecule is Cc1cc2c3c(c(NC(C)C)nc2cc1CCCCN1CCCC1)CCCN3. The summed E-state index contributed by atoms with van der Waals surface area (Å²) in [6.07, 6.45) is 8.80. The van der Waals surface area contributed by atoms with Gasteiger partial charge in [-0.1, -0.05) is 0 Å². The number of nitrogens with zero attached hydrogens (tertiary/aromatic N) is 2. The molecule has 2 aliphatic rings. The van der Waals surface area contributed by atoms with Gasteiger partial charge in [-0.3, -0.25) is 0 Å². The van der Waals surface area contributed by atoms with E-state index in [1.165, 1.54) is 79.5 Å². The minimum Gasteiger partial charge on any atom is -0.384 e. The summed E-state index contributed by atoms with van der Waals surface area (Å²) in [7, 11) is 0. The van der Waals surface area contributed by atoms with Crippen LogP contribution in [0, 0.1) is 6.92 Å². The van der Waals surface area contributed by atoms with Crippen molar-refractivity contribution in [1.29, 1.82) is 0 Å². The summed E-state index contributed by atoms with van der Waals surface area (Å²) in [6.45, 7) is 11.6. The second-order valence-electron chi connectivity index (χ2n) is 8.95. The lowest BCUT2D eigenvalue weighted by atomic mass is 9.95. The van der Waals surface area contributed by atoms with Crippen LogP contribution in [0.1, 0.15) is 62.6 Å². The van der Waals surface area contributed by atoms with Crippen LogP contribution in [0.15, 0.2) is 12.1 Å². The van der Waals surface area contributed by atoms with E-state index in [-0.39, 0.29) is 0 Å². The van der Waals surface area contributed by atoms with E-state index in [1.54, 1.807) is 0 Å². The topological polar surface area (TPSA) is 40.2 Å². The molecule has 0 spiro atoms. The molecule has 28 heavy (non-hydrogen) atoms. The molecule has 0 radical (unpaired) electrons. The van der Waals surface area contributed by atoms with E-state index in [4.69, 9.17) is 4.98 Å². The molecule has 0 saturated carbocycles. The third-order valence-electron chi connectivity index (χ3n) is 6.24. The molecule has 3 heterocycles. The predicted octanol–water partition coefficient (Wildman–Crippen LogP) is 5.14. The van der Waals surface area contributed by atoms with Crippen molar-refractivity contribution in [2.24, 2.45) is 0 Å². The largest absolute Gasteiger partial charge is 0.384 e. The molecule has 1 fully saturated rings. The third kappa shape index (κ3) is 4.27. The van der Waals surface area contributed by atoms with Gasteiger partial charge in [-0.05, 0) is 109 Å². The van der Waals surface area contributed by atoms with E-state index >= 15 is 0 Å². The van der Waals surface area contributed by atoms with Crippen LogP contribution in [-0.2, 0) is 12.8 Å². The van der Waals surface area contributed by atoms with Crippen LogP contribution in [0.2, 0.25) is 0 Å². The molecule has 0 aliphatic carbocycles. The molecule has 2 aliphatic heterocycles. The van der Waals surface area contributed by atoms with Gasteiger partial charge in [0.2, 0.25) is 0 Å². The Morgan fingerprint density at radius 3 is 2.75 bits per heavy atom. The van der Waals surface area contributed by atoms with E-state index in [0.717, 1.165) is 30.7 Å². The van der Waals surface area contributed by atoms with Crippen LogP contribution >= 0.6 is 0 Å². The molecule has 4 nitrogen and oxygen atoms in total. The number of fused-ring (bicyclic) bond motifs is 3. The minimum absolute atomic E-state index is 0.395. The van der Waals surface area contributed by atoms with Crippen LogP contribution in [0.25, 0.3) is 10.9 Å². The minimum atomic E-state index is 0.395. The smallest absolute Gasteiger partial charge is 0.132 e. The molecule has 1 saturated heterocycles. The second kappa shape index (κ2) is 8.69. The lowest BCUT2D eigenvalue weighted by Gasteiger charge is -2.24. The van der Waals surface area contributed by atoms with Crippen LogP contribution in [-0.4, -0.2) is 42.1 Å². The fourth-order valence-corrected chi connectivity index (χ4v) is 4.74. The number of aromatic nitrogens is 1. The first-order valence-corrected chi connectivity index (χ1v) is 11.3. The molecular formula is C24H36N4. The summed E-state index contributed by atoms with van der Waals surface area (Å²) in [5.41, 5.74) is 6.69. The van der Waals surface area contributed by atoms with Gasteiger partial charge in [0.25, 0.3) is 0 Å². The van der Waals surface area contributed by atoms with Crippen molar-refractivity contribution in [1.82, 2.24) is 9.88 Å². The number of anilines is 2. The molecule has 2 N–H and O–H groups in total. The maximum atomic E-state index is 5.06. The fourth-order valence-electron chi connectivity index (χ4n) is 4.74. The predicted molar refractivity (Wildman–Crippen MR) is 121 cm³/mol. The Balaban J connectivity index is 1.55. The van der Waals surface area contributed by atoms with Gasteiger partial charge in [0.05, 0.1) is 11.2 Å². The Labute approximate surface area is 170 Å². The summed E-state index contributed by atoms with van der Waals surface area (Å²) in [5, 5.41) is 8.54. The van der Waals surface area contributed by atoms with Crippen LogP contribution in [0.5, 0.6) is 0 Å². The van der Waals surface area contributed by atoms with Gasteiger partial charge in [-0.25, -0.2) is 4.98 Å². The first kappa shape index (κ1) is 19.5. The third-order valence-corrected chi connectivity index (χ3v) is 6.24. The van der Waals surface area contributed by atoms with Crippen LogP contribution in [0.3, 0.4) is 0 Å². The monoisotopic (exact) mass is 380 g/mol. The number of benzene rings is 1. The lowest BCUT2D eigenvalue weighted by molar-refractivity contribution is 0.330. The van der Waals surface area contributed by atoms with Gasteiger partial charge >= 0.3 is 0 Å². The van der Waals surface area contributed by atoms with Gasteiger partial charge < -0.3 is 15.5 Å². The Hall–Kier alpha value is -1.81. The molecule has 1 aromatic heterocycles. The highest BCUT2D eigenvalue weighted by molar-refractivity contribution is 5.96. The lowest BCUT2D eigenvalue weighted by Crippen LogP contribution is -2.20. The van der Waals surface area contributed by atoms with Gasteiger partial charge in [0, 0.05) is 23.5 Å². The number of hydrogen-bond acceptors (Lipinski definition) is 4. The molecule has 4 rings (SSSR count). The highest BCUT2D eigenvalue weighted by Crippen LogP contribution is 2.36. The molecule has 2 aromatic rings. The summed E-state index contributed by atoms with van der Waals surface area (Å²) in [6, 6.07) is 5.11. The Morgan fingerprint density at radius 1 is 1.14 bits per heavy atom. The summed E-state index contributed by atoms with van der Waals surface area (Å²) in [5.74, 6) is 1.08. The Bertz CT molecular complexity index is 821. The van der Waals surface area contributed by atoms with Gasteiger partial charge in [-0.15, -0.1) is 0 Å². The molecule has 152 valence electrons. The van der Waals surface area contributed by atoms with Crippen molar-refractivity contribution in [2.45, 2.75) is 71.8 Å². The Morgan fingerprint density at radius 2 is 1.96 bits per heavy atom. The van der Waals surface area contributed by atoms with E-state index in [2.05, 4.69) is 48.4 Å². The number of unbranched alkanes of at least 4 members (excludes halogenated alkanes) is 1. The standard InChI is InChI=1S/C24H36N4/c1-17(2)26-24-20-10-8-11-25-23(20)21-15-18(3)19(16-22(21)27-24)9-4-5-12-28-13-6-7-14-28/h15-17,25H,4-14H2,1-3H3,(H,26,27). The first-order valence-electron chi connectivity index (χ1n) is 11.3. The van der Waals surface area contributed by atoms with Gasteiger partial charge in [-0.2, -0.15) is 0 Å². The first-order chi connectivity index (χ1) is 13.6. The Kier molecular flexibility index (Phi) is 6.05. The second-order valence-corrected chi connectivity index (χ2v) is 8.95. The molecule has 4 heteroatoms. The summed E-state index contributed by atoms with van der Waals surface area (Å²) in [4.78, 5) is 7.68. The molecule has 0 amide bonds. The highest BCUT2D eigenvalue weighted by Gasteiger charge is 2.19.